The number of rotatable bonds is 8. The minimum atomic E-state index is -0.223. The van der Waals surface area contributed by atoms with Crippen molar-refractivity contribution in [2.24, 2.45) is 0 Å². The van der Waals surface area contributed by atoms with Crippen LogP contribution in [0.1, 0.15) is 26.5 Å². The Morgan fingerprint density at radius 2 is 1.79 bits per heavy atom. The predicted molar refractivity (Wildman–Crippen MR) is 110 cm³/mol. The van der Waals surface area contributed by atoms with E-state index < -0.39 is 0 Å². The highest BCUT2D eigenvalue weighted by Gasteiger charge is 2.11. The van der Waals surface area contributed by atoms with Crippen LogP contribution in [0.15, 0.2) is 58.2 Å². The van der Waals surface area contributed by atoms with Gasteiger partial charge in [0.25, 0.3) is 5.91 Å². The van der Waals surface area contributed by atoms with Crippen molar-refractivity contribution in [3.8, 4) is 5.75 Å². The van der Waals surface area contributed by atoms with E-state index in [-0.39, 0.29) is 24.0 Å². The van der Waals surface area contributed by atoms with E-state index in [9.17, 15) is 9.59 Å². The molecule has 0 radical (unpaired) electrons. The molecule has 3 aromatic rings. The molecule has 1 amide bonds. The van der Waals surface area contributed by atoms with Gasteiger partial charge in [0.1, 0.15) is 11.6 Å². The van der Waals surface area contributed by atoms with Crippen molar-refractivity contribution in [3.05, 3.63) is 70.0 Å². The molecule has 0 atom stereocenters. The molecular weight excluding hydrogens is 444 g/mol. The number of nitrogens with one attached hydrogen (secondary N) is 2. The van der Waals surface area contributed by atoms with Crippen LogP contribution in [0, 0.1) is 0 Å². The molecular formula is C19H17BrN4O3S. The van der Waals surface area contributed by atoms with Crippen LogP contribution in [0.3, 0.4) is 0 Å². The van der Waals surface area contributed by atoms with Crippen LogP contribution in [-0.2, 0) is 6.54 Å². The number of ketones is 1. The molecule has 28 heavy (non-hydrogen) atoms. The zero-order valence-corrected chi connectivity index (χ0v) is 17.3. The number of Topliss-reactive ketones (excluding diaryl/α,β-unsaturated/α-hetero) is 1. The second kappa shape index (κ2) is 9.52. The number of hydrogen-bond donors (Lipinski definition) is 2. The lowest BCUT2D eigenvalue weighted by Gasteiger charge is -2.04. The average Bonchev–Trinajstić information content (AvgIpc) is 3.18. The van der Waals surface area contributed by atoms with Gasteiger partial charge in [0.2, 0.25) is 5.16 Å². The van der Waals surface area contributed by atoms with Crippen molar-refractivity contribution < 1.29 is 14.3 Å². The van der Waals surface area contributed by atoms with Crippen molar-refractivity contribution in [1.29, 1.82) is 0 Å². The molecule has 0 spiro atoms. The van der Waals surface area contributed by atoms with Gasteiger partial charge in [0.15, 0.2) is 5.78 Å². The second-order valence-corrected chi connectivity index (χ2v) is 7.55. The van der Waals surface area contributed by atoms with Crippen LogP contribution in [0.5, 0.6) is 5.75 Å². The zero-order valence-electron chi connectivity index (χ0n) is 14.9. The van der Waals surface area contributed by atoms with Gasteiger partial charge >= 0.3 is 0 Å². The predicted octanol–water partition coefficient (Wildman–Crippen LogP) is 3.48. The molecule has 0 saturated carbocycles. The van der Waals surface area contributed by atoms with Gasteiger partial charge in [0, 0.05) is 15.6 Å². The third-order valence-corrected chi connectivity index (χ3v) is 5.15. The van der Waals surface area contributed by atoms with Crippen LogP contribution >= 0.6 is 27.7 Å². The Bertz CT molecular complexity index is 958. The Hall–Kier alpha value is -2.65. The molecule has 2 N–H and O–H groups in total. The summed E-state index contributed by atoms with van der Waals surface area (Å²) in [4.78, 5) is 28.6. The number of aromatic amines is 1. The highest BCUT2D eigenvalue weighted by Crippen LogP contribution is 2.17. The maximum atomic E-state index is 12.2. The molecule has 0 saturated heterocycles. The summed E-state index contributed by atoms with van der Waals surface area (Å²) in [6.07, 6.45) is 0. The molecule has 0 aliphatic carbocycles. The van der Waals surface area contributed by atoms with E-state index in [4.69, 9.17) is 4.74 Å². The highest BCUT2D eigenvalue weighted by molar-refractivity contribution is 9.10. The van der Waals surface area contributed by atoms with E-state index in [0.29, 0.717) is 27.9 Å². The van der Waals surface area contributed by atoms with Crippen molar-refractivity contribution in [2.45, 2.75) is 11.7 Å². The maximum Gasteiger partial charge on any atom is 0.251 e. The number of thioether (sulfide) groups is 1. The Morgan fingerprint density at radius 1 is 1.11 bits per heavy atom. The lowest BCUT2D eigenvalue weighted by Crippen LogP contribution is -2.23. The van der Waals surface area contributed by atoms with E-state index in [2.05, 4.69) is 36.4 Å². The normalized spacial score (nSPS) is 10.5. The fraction of sp³-hybridized carbons (Fsp3) is 0.158. The van der Waals surface area contributed by atoms with Crippen LogP contribution in [0.2, 0.25) is 0 Å². The topological polar surface area (TPSA) is 97.0 Å². The monoisotopic (exact) mass is 460 g/mol. The van der Waals surface area contributed by atoms with Gasteiger partial charge < -0.3 is 10.1 Å². The van der Waals surface area contributed by atoms with Gasteiger partial charge in [-0.3, -0.25) is 14.7 Å². The molecule has 0 unspecified atom stereocenters. The first-order valence-electron chi connectivity index (χ1n) is 8.30. The summed E-state index contributed by atoms with van der Waals surface area (Å²) in [6.45, 7) is 0.207. The van der Waals surface area contributed by atoms with E-state index >= 15 is 0 Å². The molecule has 0 bridgehead atoms. The number of nitrogens with zero attached hydrogens (tertiary/aromatic N) is 2. The fourth-order valence-corrected chi connectivity index (χ4v) is 3.26. The maximum absolute atomic E-state index is 12.2. The summed E-state index contributed by atoms with van der Waals surface area (Å²) in [5.74, 6) is 1.21. The minimum absolute atomic E-state index is 0.00309. The number of ether oxygens (including phenoxy) is 1. The van der Waals surface area contributed by atoms with E-state index in [1.807, 2.05) is 12.1 Å². The summed E-state index contributed by atoms with van der Waals surface area (Å²) in [7, 11) is 1.57. The lowest BCUT2D eigenvalue weighted by molar-refractivity contribution is 0.0949. The molecule has 2 aromatic carbocycles. The number of aromatic nitrogens is 3. The fourth-order valence-electron chi connectivity index (χ4n) is 2.28. The third kappa shape index (κ3) is 5.43. The number of benzene rings is 2. The number of methoxy groups -OCH3 is 1. The molecule has 1 heterocycles. The number of hydrogen-bond acceptors (Lipinski definition) is 6. The van der Waals surface area contributed by atoms with Crippen LogP contribution in [-0.4, -0.2) is 39.7 Å². The number of H-pyrrole nitrogens is 1. The van der Waals surface area contributed by atoms with Crippen molar-refractivity contribution in [1.82, 2.24) is 20.5 Å². The van der Waals surface area contributed by atoms with Crippen LogP contribution in [0.4, 0.5) is 0 Å². The SMILES string of the molecule is COc1ccc(C(=O)NCc2nc(SCC(=O)c3ccc(Br)cc3)n[nH]2)cc1. The smallest absolute Gasteiger partial charge is 0.251 e. The first-order valence-corrected chi connectivity index (χ1v) is 10.1. The summed E-state index contributed by atoms with van der Waals surface area (Å²) >= 11 is 4.58. The summed E-state index contributed by atoms with van der Waals surface area (Å²) in [6, 6.07) is 14.0. The molecule has 0 fully saturated rings. The lowest BCUT2D eigenvalue weighted by atomic mass is 10.2. The van der Waals surface area contributed by atoms with Gasteiger partial charge in [0.05, 0.1) is 19.4 Å². The van der Waals surface area contributed by atoms with Gasteiger partial charge in [-0.05, 0) is 36.4 Å². The Balaban J connectivity index is 1.48. The van der Waals surface area contributed by atoms with Gasteiger partial charge in [-0.2, -0.15) is 0 Å². The molecule has 3 rings (SSSR count). The Kier molecular flexibility index (Phi) is 6.83. The van der Waals surface area contributed by atoms with Crippen molar-refractivity contribution >= 4 is 39.4 Å². The van der Waals surface area contributed by atoms with E-state index in [1.165, 1.54) is 11.8 Å². The molecule has 7 nitrogen and oxygen atoms in total. The molecule has 0 aliphatic heterocycles. The second-order valence-electron chi connectivity index (χ2n) is 5.69. The number of carbonyl (C=O) groups excluding carboxylic acids is 2. The van der Waals surface area contributed by atoms with E-state index in [1.54, 1.807) is 43.5 Å². The Labute approximate surface area is 174 Å². The van der Waals surface area contributed by atoms with Crippen LogP contribution in [0.25, 0.3) is 0 Å². The van der Waals surface area contributed by atoms with Crippen molar-refractivity contribution in [2.75, 3.05) is 12.9 Å². The quantitative estimate of drug-likeness (QED) is 0.394. The number of carbonyl (C=O) groups is 2. The highest BCUT2D eigenvalue weighted by atomic mass is 79.9. The molecule has 9 heteroatoms. The van der Waals surface area contributed by atoms with Gasteiger partial charge in [-0.25, -0.2) is 4.98 Å². The average molecular weight is 461 g/mol. The summed E-state index contributed by atoms with van der Waals surface area (Å²) < 4.78 is 5.99. The number of amides is 1. The van der Waals surface area contributed by atoms with Gasteiger partial charge in [-0.1, -0.05) is 39.8 Å². The Morgan fingerprint density at radius 3 is 2.46 bits per heavy atom. The van der Waals surface area contributed by atoms with Crippen LogP contribution < -0.4 is 10.1 Å². The number of halogens is 1. The van der Waals surface area contributed by atoms with Crippen molar-refractivity contribution in [3.63, 3.8) is 0 Å². The standard InChI is InChI=1S/C19H17BrN4O3S/c1-27-15-8-4-13(5-9-15)18(26)21-10-17-22-19(24-23-17)28-11-16(25)12-2-6-14(20)7-3-12/h2-9H,10-11H2,1H3,(H,21,26)(H,22,23,24). The minimum Gasteiger partial charge on any atom is -0.497 e. The molecule has 1 aromatic heterocycles. The molecule has 0 aliphatic rings. The van der Waals surface area contributed by atoms with Gasteiger partial charge in [-0.15, -0.1) is 5.10 Å². The zero-order chi connectivity index (χ0) is 19.9. The first-order chi connectivity index (χ1) is 13.5. The molecule has 144 valence electrons. The summed E-state index contributed by atoms with van der Waals surface area (Å²) in [5.41, 5.74) is 1.16. The first kappa shape index (κ1) is 20.1. The summed E-state index contributed by atoms with van der Waals surface area (Å²) in [5, 5.41) is 10.1. The third-order valence-electron chi connectivity index (χ3n) is 3.78. The van der Waals surface area contributed by atoms with E-state index in [0.717, 1.165) is 4.47 Å². The largest absolute Gasteiger partial charge is 0.497 e.